The normalized spacial score (nSPS) is 17.5. The van der Waals surface area contributed by atoms with Gasteiger partial charge in [0.25, 0.3) is 5.91 Å². The number of methoxy groups -OCH3 is 1. The van der Waals surface area contributed by atoms with Gasteiger partial charge in [-0.1, -0.05) is 30.3 Å². The predicted octanol–water partition coefficient (Wildman–Crippen LogP) is 2.86. The van der Waals surface area contributed by atoms with Gasteiger partial charge in [-0.05, 0) is 18.6 Å². The number of pyridine rings is 1. The van der Waals surface area contributed by atoms with Gasteiger partial charge in [-0.15, -0.1) is 0 Å². The molecule has 122 valence electrons. The van der Waals surface area contributed by atoms with Crippen LogP contribution >= 0.6 is 0 Å². The lowest BCUT2D eigenvalue weighted by molar-refractivity contribution is 0.0724. The number of rotatable bonds is 3. The Labute approximate surface area is 140 Å². The molecule has 0 aliphatic carbocycles. The Morgan fingerprint density at radius 2 is 2.08 bits per heavy atom. The minimum absolute atomic E-state index is 0.0429. The van der Waals surface area contributed by atoms with E-state index in [2.05, 4.69) is 4.98 Å². The number of nitrogens with zero attached hydrogens (tertiary/aromatic N) is 3. The van der Waals surface area contributed by atoms with Crippen LogP contribution in [0.5, 0.6) is 0 Å². The molecule has 24 heavy (non-hydrogen) atoms. The Bertz CT molecular complexity index is 873. The van der Waals surface area contributed by atoms with Gasteiger partial charge in [-0.25, -0.2) is 4.98 Å². The fourth-order valence-corrected chi connectivity index (χ4v) is 3.15. The second-order valence-electron chi connectivity index (χ2n) is 6.07. The zero-order chi connectivity index (χ0) is 16.5. The molecule has 1 aliphatic rings. The van der Waals surface area contributed by atoms with Crippen molar-refractivity contribution in [1.82, 2.24) is 14.3 Å². The Morgan fingerprint density at radius 1 is 1.25 bits per heavy atom. The van der Waals surface area contributed by atoms with Crippen LogP contribution in [0.15, 0.2) is 54.9 Å². The van der Waals surface area contributed by atoms with Crippen LogP contribution < -0.4 is 0 Å². The Balaban J connectivity index is 1.63. The molecule has 0 bridgehead atoms. The van der Waals surface area contributed by atoms with E-state index in [1.165, 1.54) is 0 Å². The number of carbonyl (C=O) groups excluding carboxylic acids is 1. The topological polar surface area (TPSA) is 46.8 Å². The van der Waals surface area contributed by atoms with E-state index >= 15 is 0 Å². The molecule has 5 heteroatoms. The number of imidazole rings is 1. The van der Waals surface area contributed by atoms with Gasteiger partial charge in [0, 0.05) is 43.7 Å². The molecule has 1 aromatic carbocycles. The summed E-state index contributed by atoms with van der Waals surface area (Å²) in [7, 11) is 1.69. The van der Waals surface area contributed by atoms with Gasteiger partial charge in [0.05, 0.1) is 11.8 Å². The summed E-state index contributed by atoms with van der Waals surface area (Å²) in [5.41, 5.74) is 3.42. The number of carbonyl (C=O) groups is 1. The van der Waals surface area contributed by atoms with E-state index in [1.807, 2.05) is 64.2 Å². The molecular formula is C19H19N3O2. The first-order chi connectivity index (χ1) is 11.7. The second kappa shape index (κ2) is 6.09. The molecule has 3 heterocycles. The molecule has 1 saturated heterocycles. The molecular weight excluding hydrogens is 302 g/mol. The quantitative estimate of drug-likeness (QED) is 0.745. The molecule has 1 aliphatic heterocycles. The van der Waals surface area contributed by atoms with E-state index in [0.29, 0.717) is 12.1 Å². The van der Waals surface area contributed by atoms with Crippen LogP contribution in [0.3, 0.4) is 0 Å². The molecule has 2 aromatic heterocycles. The van der Waals surface area contributed by atoms with Gasteiger partial charge in [0.2, 0.25) is 0 Å². The molecule has 0 spiro atoms. The van der Waals surface area contributed by atoms with Crippen LogP contribution in [-0.2, 0) is 4.74 Å². The molecule has 4 rings (SSSR count). The van der Waals surface area contributed by atoms with Crippen molar-refractivity contribution >= 4 is 11.6 Å². The highest BCUT2D eigenvalue weighted by molar-refractivity contribution is 5.95. The van der Waals surface area contributed by atoms with Gasteiger partial charge in [-0.2, -0.15) is 0 Å². The van der Waals surface area contributed by atoms with Gasteiger partial charge in [0.1, 0.15) is 5.65 Å². The van der Waals surface area contributed by atoms with Crippen LogP contribution in [0.2, 0.25) is 0 Å². The Hall–Kier alpha value is -2.66. The van der Waals surface area contributed by atoms with Crippen LogP contribution in [0.25, 0.3) is 16.9 Å². The summed E-state index contributed by atoms with van der Waals surface area (Å²) < 4.78 is 7.29. The third-order valence-electron chi connectivity index (χ3n) is 4.54. The molecule has 5 nitrogen and oxygen atoms in total. The Morgan fingerprint density at radius 3 is 2.83 bits per heavy atom. The molecule has 1 atom stereocenters. The molecule has 0 saturated carbocycles. The molecule has 1 amide bonds. The molecule has 1 unspecified atom stereocenters. The SMILES string of the molecule is COC1CCN(C(=O)c2ccn3cc(-c4ccccc4)nc3c2)C1. The van der Waals surface area contributed by atoms with E-state index in [4.69, 9.17) is 4.74 Å². The fraction of sp³-hybridized carbons (Fsp3) is 0.263. The monoisotopic (exact) mass is 321 g/mol. The van der Waals surface area contributed by atoms with Crippen LogP contribution in [0.1, 0.15) is 16.8 Å². The zero-order valence-corrected chi connectivity index (χ0v) is 13.6. The van der Waals surface area contributed by atoms with Gasteiger partial charge in [-0.3, -0.25) is 4.79 Å². The van der Waals surface area contributed by atoms with Crippen molar-refractivity contribution in [3.05, 3.63) is 60.4 Å². The van der Waals surface area contributed by atoms with E-state index < -0.39 is 0 Å². The summed E-state index contributed by atoms with van der Waals surface area (Å²) in [6, 6.07) is 13.7. The average Bonchev–Trinajstić information content (AvgIpc) is 3.28. The van der Waals surface area contributed by atoms with Crippen molar-refractivity contribution in [3.63, 3.8) is 0 Å². The molecule has 0 radical (unpaired) electrons. The Kier molecular flexibility index (Phi) is 3.78. The minimum atomic E-state index is 0.0429. The minimum Gasteiger partial charge on any atom is -0.380 e. The van der Waals surface area contributed by atoms with E-state index in [0.717, 1.165) is 29.9 Å². The number of hydrogen-bond acceptors (Lipinski definition) is 3. The summed E-state index contributed by atoms with van der Waals surface area (Å²) >= 11 is 0. The lowest BCUT2D eigenvalue weighted by Gasteiger charge is -2.16. The molecule has 3 aromatic rings. The highest BCUT2D eigenvalue weighted by Crippen LogP contribution is 2.21. The largest absolute Gasteiger partial charge is 0.380 e. The molecule has 1 fully saturated rings. The highest BCUT2D eigenvalue weighted by Gasteiger charge is 2.26. The molecule has 0 N–H and O–H groups in total. The van der Waals surface area contributed by atoms with Crippen molar-refractivity contribution in [3.8, 4) is 11.3 Å². The van der Waals surface area contributed by atoms with E-state index in [1.54, 1.807) is 7.11 Å². The van der Waals surface area contributed by atoms with E-state index in [9.17, 15) is 4.79 Å². The third kappa shape index (κ3) is 2.67. The summed E-state index contributed by atoms with van der Waals surface area (Å²) in [6.07, 6.45) is 4.92. The maximum absolute atomic E-state index is 12.7. The number of likely N-dealkylation sites (tertiary alicyclic amines) is 1. The first-order valence-corrected chi connectivity index (χ1v) is 8.11. The predicted molar refractivity (Wildman–Crippen MR) is 91.9 cm³/mol. The van der Waals surface area contributed by atoms with Gasteiger partial charge < -0.3 is 14.0 Å². The zero-order valence-electron chi connectivity index (χ0n) is 13.6. The van der Waals surface area contributed by atoms with Crippen LogP contribution in [0.4, 0.5) is 0 Å². The highest BCUT2D eigenvalue weighted by atomic mass is 16.5. The van der Waals surface area contributed by atoms with Crippen molar-refractivity contribution in [2.75, 3.05) is 20.2 Å². The number of hydrogen-bond donors (Lipinski definition) is 0. The number of aromatic nitrogens is 2. The standard InChI is InChI=1S/C19H19N3O2/c1-24-16-8-10-22(12-16)19(23)15-7-9-21-13-17(20-18(21)11-15)14-5-3-2-4-6-14/h2-7,9,11,13,16H,8,10,12H2,1H3. The van der Waals surface area contributed by atoms with Gasteiger partial charge in [0.15, 0.2) is 0 Å². The van der Waals surface area contributed by atoms with Crippen molar-refractivity contribution in [2.24, 2.45) is 0 Å². The average molecular weight is 321 g/mol. The number of ether oxygens (including phenoxy) is 1. The van der Waals surface area contributed by atoms with Crippen molar-refractivity contribution < 1.29 is 9.53 Å². The van der Waals surface area contributed by atoms with E-state index in [-0.39, 0.29) is 12.0 Å². The lowest BCUT2D eigenvalue weighted by atomic mass is 10.2. The summed E-state index contributed by atoms with van der Waals surface area (Å²) in [6.45, 7) is 1.40. The maximum Gasteiger partial charge on any atom is 0.254 e. The first kappa shape index (κ1) is 14.9. The summed E-state index contributed by atoms with van der Waals surface area (Å²) in [5, 5.41) is 0. The number of amides is 1. The van der Waals surface area contributed by atoms with Crippen LogP contribution in [-0.4, -0.2) is 46.5 Å². The second-order valence-corrected chi connectivity index (χ2v) is 6.07. The smallest absolute Gasteiger partial charge is 0.254 e. The van der Waals surface area contributed by atoms with Crippen molar-refractivity contribution in [2.45, 2.75) is 12.5 Å². The van der Waals surface area contributed by atoms with Crippen molar-refractivity contribution in [1.29, 1.82) is 0 Å². The number of fused-ring (bicyclic) bond motifs is 1. The van der Waals surface area contributed by atoms with Gasteiger partial charge >= 0.3 is 0 Å². The third-order valence-corrected chi connectivity index (χ3v) is 4.54. The fourth-order valence-electron chi connectivity index (χ4n) is 3.15. The lowest BCUT2D eigenvalue weighted by Crippen LogP contribution is -2.29. The number of benzene rings is 1. The van der Waals surface area contributed by atoms with Crippen LogP contribution in [0, 0.1) is 0 Å². The maximum atomic E-state index is 12.7. The summed E-state index contributed by atoms with van der Waals surface area (Å²) in [5.74, 6) is 0.0429. The first-order valence-electron chi connectivity index (χ1n) is 8.11. The summed E-state index contributed by atoms with van der Waals surface area (Å²) in [4.78, 5) is 19.2.